The fourth-order valence-electron chi connectivity index (χ4n) is 1.60. The zero-order valence-electron chi connectivity index (χ0n) is 12.0. The molecule has 0 aliphatic rings. The Balaban J connectivity index is 2.82. The van der Waals surface area contributed by atoms with Gasteiger partial charge < -0.3 is 0 Å². The SMILES string of the molecule is CC(C)CSC(CC(=O)C(C)C)c1cncc(Br)c1. The summed E-state index contributed by atoms with van der Waals surface area (Å²) in [4.78, 5) is 16.2. The maximum absolute atomic E-state index is 12.0. The number of carbonyl (C=O) groups excluding carboxylic acids is 1. The summed E-state index contributed by atoms with van der Waals surface area (Å²) in [6.45, 7) is 8.33. The summed E-state index contributed by atoms with van der Waals surface area (Å²) in [5.74, 6) is 2.10. The zero-order valence-corrected chi connectivity index (χ0v) is 14.4. The van der Waals surface area contributed by atoms with Crippen LogP contribution in [0.15, 0.2) is 22.9 Å². The van der Waals surface area contributed by atoms with Gasteiger partial charge in [0.15, 0.2) is 0 Å². The lowest BCUT2D eigenvalue weighted by atomic mass is 10.0. The molecule has 4 heteroatoms. The van der Waals surface area contributed by atoms with Crippen molar-refractivity contribution in [3.63, 3.8) is 0 Å². The van der Waals surface area contributed by atoms with Crippen molar-refractivity contribution < 1.29 is 4.79 Å². The molecule has 0 N–H and O–H groups in total. The number of Topliss-reactive ketones (excluding diaryl/α,β-unsaturated/α-hetero) is 1. The summed E-state index contributed by atoms with van der Waals surface area (Å²) in [7, 11) is 0. The molecule has 1 aromatic heterocycles. The van der Waals surface area contributed by atoms with Crippen molar-refractivity contribution in [2.24, 2.45) is 11.8 Å². The van der Waals surface area contributed by atoms with Gasteiger partial charge in [0.05, 0.1) is 0 Å². The highest BCUT2D eigenvalue weighted by Crippen LogP contribution is 2.35. The van der Waals surface area contributed by atoms with Gasteiger partial charge in [0.2, 0.25) is 0 Å². The van der Waals surface area contributed by atoms with Crippen molar-refractivity contribution in [3.05, 3.63) is 28.5 Å². The fraction of sp³-hybridized carbons (Fsp3) is 0.600. The Hall–Kier alpha value is -0.350. The molecule has 1 rings (SSSR count). The number of thioether (sulfide) groups is 1. The molecular weight excluding hydrogens is 322 g/mol. The molecule has 2 nitrogen and oxygen atoms in total. The summed E-state index contributed by atoms with van der Waals surface area (Å²) in [6.07, 6.45) is 4.24. The van der Waals surface area contributed by atoms with Crippen molar-refractivity contribution in [2.75, 3.05) is 5.75 Å². The third-order valence-corrected chi connectivity index (χ3v) is 4.89. The first-order valence-corrected chi connectivity index (χ1v) is 8.49. The van der Waals surface area contributed by atoms with Crippen LogP contribution in [-0.2, 0) is 4.79 Å². The van der Waals surface area contributed by atoms with Crippen LogP contribution in [0.2, 0.25) is 0 Å². The average molecular weight is 344 g/mol. The number of halogens is 1. The van der Waals surface area contributed by atoms with E-state index in [0.717, 1.165) is 15.8 Å². The van der Waals surface area contributed by atoms with Gasteiger partial charge >= 0.3 is 0 Å². The maximum Gasteiger partial charge on any atom is 0.136 e. The van der Waals surface area contributed by atoms with Crippen LogP contribution in [0.5, 0.6) is 0 Å². The van der Waals surface area contributed by atoms with E-state index in [4.69, 9.17) is 0 Å². The molecule has 0 aliphatic carbocycles. The van der Waals surface area contributed by atoms with Crippen molar-refractivity contribution in [1.82, 2.24) is 4.98 Å². The first-order valence-electron chi connectivity index (χ1n) is 6.65. The third-order valence-electron chi connectivity index (χ3n) is 2.76. The van der Waals surface area contributed by atoms with Crippen LogP contribution in [0.3, 0.4) is 0 Å². The molecule has 0 aromatic carbocycles. The molecule has 19 heavy (non-hydrogen) atoms. The van der Waals surface area contributed by atoms with Gasteiger partial charge in [-0.05, 0) is 39.2 Å². The van der Waals surface area contributed by atoms with E-state index in [-0.39, 0.29) is 11.2 Å². The lowest BCUT2D eigenvalue weighted by Crippen LogP contribution is -2.12. The zero-order chi connectivity index (χ0) is 14.4. The Morgan fingerprint density at radius 1 is 1.32 bits per heavy atom. The summed E-state index contributed by atoms with van der Waals surface area (Å²) in [6, 6.07) is 2.07. The van der Waals surface area contributed by atoms with Crippen LogP contribution in [0.4, 0.5) is 0 Å². The highest BCUT2D eigenvalue weighted by Gasteiger charge is 2.19. The number of aromatic nitrogens is 1. The quantitative estimate of drug-likeness (QED) is 0.705. The average Bonchev–Trinajstić information content (AvgIpc) is 2.33. The molecule has 106 valence electrons. The molecule has 0 spiro atoms. The largest absolute Gasteiger partial charge is 0.299 e. The second-order valence-corrected chi connectivity index (χ2v) is 7.63. The summed E-state index contributed by atoms with van der Waals surface area (Å²) < 4.78 is 0.970. The Labute approximate surface area is 128 Å². The fourth-order valence-corrected chi connectivity index (χ4v) is 3.21. The molecule has 1 aromatic rings. The van der Waals surface area contributed by atoms with Crippen LogP contribution >= 0.6 is 27.7 Å². The van der Waals surface area contributed by atoms with Crippen LogP contribution < -0.4 is 0 Å². The van der Waals surface area contributed by atoms with Gasteiger partial charge in [0.1, 0.15) is 5.78 Å². The van der Waals surface area contributed by atoms with E-state index in [2.05, 4.69) is 40.8 Å². The lowest BCUT2D eigenvalue weighted by molar-refractivity contribution is -0.121. The van der Waals surface area contributed by atoms with E-state index in [0.29, 0.717) is 18.1 Å². The third kappa shape index (κ3) is 6.09. The summed E-state index contributed by atoms with van der Waals surface area (Å²) in [5.41, 5.74) is 1.13. The lowest BCUT2D eigenvalue weighted by Gasteiger charge is -2.18. The van der Waals surface area contributed by atoms with E-state index < -0.39 is 0 Å². The number of pyridine rings is 1. The highest BCUT2D eigenvalue weighted by molar-refractivity contribution is 9.10. The normalized spacial score (nSPS) is 13.0. The molecule has 0 saturated carbocycles. The van der Waals surface area contributed by atoms with E-state index in [1.807, 2.05) is 31.8 Å². The number of rotatable bonds is 7. The molecule has 1 atom stereocenters. The van der Waals surface area contributed by atoms with Gasteiger partial charge in [0, 0.05) is 34.5 Å². The Morgan fingerprint density at radius 2 is 2.00 bits per heavy atom. The van der Waals surface area contributed by atoms with E-state index >= 15 is 0 Å². The van der Waals surface area contributed by atoms with E-state index in [1.54, 1.807) is 6.20 Å². The molecule has 0 radical (unpaired) electrons. The minimum atomic E-state index is 0.0993. The molecule has 0 bridgehead atoms. The van der Waals surface area contributed by atoms with E-state index in [9.17, 15) is 4.79 Å². The van der Waals surface area contributed by atoms with Gasteiger partial charge in [-0.1, -0.05) is 27.7 Å². The predicted octanol–water partition coefficient (Wildman–Crippen LogP) is 4.89. The van der Waals surface area contributed by atoms with Gasteiger partial charge in [-0.15, -0.1) is 0 Å². The van der Waals surface area contributed by atoms with Crippen LogP contribution in [-0.4, -0.2) is 16.5 Å². The number of nitrogens with zero attached hydrogens (tertiary/aromatic N) is 1. The van der Waals surface area contributed by atoms with E-state index in [1.165, 1.54) is 0 Å². The van der Waals surface area contributed by atoms with Crippen molar-refractivity contribution in [1.29, 1.82) is 0 Å². The van der Waals surface area contributed by atoms with Crippen LogP contribution in [0.25, 0.3) is 0 Å². The highest BCUT2D eigenvalue weighted by atomic mass is 79.9. The number of ketones is 1. The van der Waals surface area contributed by atoms with Crippen LogP contribution in [0, 0.1) is 11.8 Å². The predicted molar refractivity (Wildman–Crippen MR) is 86.4 cm³/mol. The first-order chi connectivity index (χ1) is 8.90. The Morgan fingerprint density at radius 3 is 2.53 bits per heavy atom. The van der Waals surface area contributed by atoms with Crippen LogP contribution in [0.1, 0.15) is 44.9 Å². The van der Waals surface area contributed by atoms with Crippen molar-refractivity contribution in [2.45, 2.75) is 39.4 Å². The maximum atomic E-state index is 12.0. The molecule has 0 fully saturated rings. The Bertz CT molecular complexity index is 420. The van der Waals surface area contributed by atoms with Gasteiger partial charge in [-0.25, -0.2) is 0 Å². The van der Waals surface area contributed by atoms with Crippen molar-refractivity contribution >= 4 is 33.5 Å². The molecule has 1 unspecified atom stereocenters. The van der Waals surface area contributed by atoms with Crippen molar-refractivity contribution in [3.8, 4) is 0 Å². The van der Waals surface area contributed by atoms with Gasteiger partial charge in [-0.3, -0.25) is 9.78 Å². The van der Waals surface area contributed by atoms with Gasteiger partial charge in [0.25, 0.3) is 0 Å². The second-order valence-electron chi connectivity index (χ2n) is 5.48. The second kappa shape index (κ2) is 8.05. The summed E-state index contributed by atoms with van der Waals surface area (Å²) in [5, 5.41) is 0.210. The van der Waals surface area contributed by atoms with Gasteiger partial charge in [-0.2, -0.15) is 11.8 Å². The summed E-state index contributed by atoms with van der Waals surface area (Å²) >= 11 is 5.30. The minimum absolute atomic E-state index is 0.0993. The first kappa shape index (κ1) is 16.7. The topological polar surface area (TPSA) is 30.0 Å². The number of hydrogen-bond acceptors (Lipinski definition) is 3. The molecule has 0 aliphatic heterocycles. The molecule has 0 amide bonds. The smallest absolute Gasteiger partial charge is 0.136 e. The minimum Gasteiger partial charge on any atom is -0.299 e. The molecular formula is C15H22BrNOS. The number of carbonyl (C=O) groups is 1. The Kier molecular flexibility index (Phi) is 7.08. The number of hydrogen-bond donors (Lipinski definition) is 0. The monoisotopic (exact) mass is 343 g/mol. The standard InChI is InChI=1S/C15H22BrNOS/c1-10(2)9-19-15(6-14(18)11(3)4)12-5-13(16)8-17-7-12/h5,7-8,10-11,15H,6,9H2,1-4H3. The molecule has 1 heterocycles. The molecule has 0 saturated heterocycles.